The summed E-state index contributed by atoms with van der Waals surface area (Å²) in [5.74, 6) is -0.230. The van der Waals surface area contributed by atoms with Crippen molar-refractivity contribution >= 4 is 7.60 Å². The Kier molecular flexibility index (Phi) is 6.49. The smallest absolute Gasteiger partial charge is 0.331 e. The Balaban J connectivity index is 2.18. The van der Waals surface area contributed by atoms with Gasteiger partial charge in [-0.2, -0.15) is 0 Å². The molecule has 0 saturated carbocycles. The molecule has 0 fully saturated rings. The van der Waals surface area contributed by atoms with Gasteiger partial charge >= 0.3 is 13.3 Å². The summed E-state index contributed by atoms with van der Waals surface area (Å²) in [7, 11) is -3.31. The van der Waals surface area contributed by atoms with Gasteiger partial charge in [-0.25, -0.2) is 4.79 Å². The topological polar surface area (TPSA) is 120 Å². The number of hydrogen-bond acceptors (Lipinski definition) is 7. The van der Waals surface area contributed by atoms with E-state index in [1.54, 1.807) is 27.7 Å². The summed E-state index contributed by atoms with van der Waals surface area (Å²) in [6.07, 6.45) is 0.714. The molecular weight excluding hydrogens is 363 g/mol. The van der Waals surface area contributed by atoms with Crippen LogP contribution in [0, 0.1) is 12.8 Å². The van der Waals surface area contributed by atoms with Crippen LogP contribution in [0.2, 0.25) is 0 Å². The van der Waals surface area contributed by atoms with Crippen molar-refractivity contribution < 1.29 is 23.5 Å². The quantitative estimate of drug-likeness (QED) is 0.656. The van der Waals surface area contributed by atoms with Crippen molar-refractivity contribution in [3.63, 3.8) is 0 Å². The molecule has 0 bridgehead atoms. The second-order valence-corrected chi connectivity index (χ2v) is 8.20. The first-order valence-electron chi connectivity index (χ1n) is 8.49. The van der Waals surface area contributed by atoms with Crippen LogP contribution >= 0.6 is 7.60 Å². The molecule has 2 atom stereocenters. The molecule has 2 N–H and O–H groups in total. The minimum atomic E-state index is -3.31. The zero-order valence-electron chi connectivity index (χ0n) is 15.4. The maximum atomic E-state index is 12.7. The average Bonchev–Trinajstić information content (AvgIpc) is 2.93. The Bertz CT molecular complexity index is 832. The predicted molar refractivity (Wildman–Crippen MR) is 95.3 cm³/mol. The zero-order valence-corrected chi connectivity index (χ0v) is 16.2. The van der Waals surface area contributed by atoms with Crippen LogP contribution in [0.4, 0.5) is 0 Å². The van der Waals surface area contributed by atoms with Crippen LogP contribution in [0.3, 0.4) is 0 Å². The van der Waals surface area contributed by atoms with Crippen molar-refractivity contribution in [1.82, 2.24) is 9.55 Å². The number of aliphatic hydroxyl groups is 1. The zero-order chi connectivity index (χ0) is 19.5. The Morgan fingerprint density at radius 1 is 1.38 bits per heavy atom. The number of aryl methyl sites for hydroxylation is 1. The van der Waals surface area contributed by atoms with E-state index in [0.717, 1.165) is 0 Å². The van der Waals surface area contributed by atoms with E-state index in [2.05, 4.69) is 4.98 Å². The van der Waals surface area contributed by atoms with Crippen LogP contribution in [-0.2, 0) is 18.3 Å². The molecule has 1 aliphatic rings. The Hall–Kier alpha value is -1.83. The molecule has 1 aliphatic heterocycles. The van der Waals surface area contributed by atoms with Crippen molar-refractivity contribution in [2.75, 3.05) is 19.4 Å². The number of ether oxygens (including phenoxy) is 1. The van der Waals surface area contributed by atoms with Gasteiger partial charge in [0.1, 0.15) is 11.5 Å². The molecule has 0 radical (unpaired) electrons. The molecule has 0 amide bonds. The molecule has 2 heterocycles. The standard InChI is InChI=1S/C16H25N2O7P/c1-5-23-26(22,24-6-2)9-11(4)14-12(19)7-13(25-14)18-8-10(3)15(20)17-16(18)21/h8,11,13,19H,5-7,9H2,1-4H3,(H,17,20,21)/t11-,13-/m1/s1. The third-order valence-electron chi connectivity index (χ3n) is 3.97. The summed E-state index contributed by atoms with van der Waals surface area (Å²) in [6.45, 7) is 7.23. The number of aromatic nitrogens is 2. The van der Waals surface area contributed by atoms with Crippen molar-refractivity contribution in [2.24, 2.45) is 5.92 Å². The predicted octanol–water partition coefficient (Wildman–Crippen LogP) is 2.44. The molecule has 10 heteroatoms. The largest absolute Gasteiger partial charge is 0.509 e. The van der Waals surface area contributed by atoms with Crippen molar-refractivity contribution in [3.05, 3.63) is 44.1 Å². The summed E-state index contributed by atoms with van der Waals surface area (Å²) in [6, 6.07) is 0. The first-order chi connectivity index (χ1) is 12.2. The summed E-state index contributed by atoms with van der Waals surface area (Å²) in [4.78, 5) is 25.7. The fourth-order valence-corrected chi connectivity index (χ4v) is 4.74. The van der Waals surface area contributed by atoms with E-state index in [9.17, 15) is 19.3 Å². The van der Waals surface area contributed by atoms with Crippen LogP contribution in [0.5, 0.6) is 0 Å². The van der Waals surface area contributed by atoms with E-state index < -0.39 is 31.0 Å². The van der Waals surface area contributed by atoms with Crippen LogP contribution in [0.1, 0.15) is 39.0 Å². The summed E-state index contributed by atoms with van der Waals surface area (Å²) >= 11 is 0. The minimum Gasteiger partial charge on any atom is -0.509 e. The van der Waals surface area contributed by atoms with Crippen molar-refractivity contribution in [2.45, 2.75) is 40.3 Å². The molecule has 0 aliphatic carbocycles. The van der Waals surface area contributed by atoms with Gasteiger partial charge in [0.25, 0.3) is 5.56 Å². The molecule has 146 valence electrons. The molecule has 26 heavy (non-hydrogen) atoms. The van der Waals surface area contributed by atoms with E-state index in [1.165, 1.54) is 10.8 Å². The molecule has 1 aromatic heterocycles. The Labute approximate surface area is 151 Å². The molecule has 0 aromatic carbocycles. The number of H-pyrrole nitrogens is 1. The number of nitrogens with zero attached hydrogens (tertiary/aromatic N) is 1. The fraction of sp³-hybridized carbons (Fsp3) is 0.625. The Morgan fingerprint density at radius 3 is 2.58 bits per heavy atom. The molecular formula is C16H25N2O7P. The van der Waals surface area contributed by atoms with Gasteiger partial charge in [-0.3, -0.25) is 18.9 Å². The molecule has 1 aromatic rings. The van der Waals surface area contributed by atoms with E-state index in [1.807, 2.05) is 0 Å². The van der Waals surface area contributed by atoms with Crippen molar-refractivity contribution in [3.8, 4) is 0 Å². The number of aromatic amines is 1. The fourth-order valence-electron chi connectivity index (χ4n) is 2.83. The summed E-state index contributed by atoms with van der Waals surface area (Å²) in [5, 5.41) is 10.3. The highest BCUT2D eigenvalue weighted by Gasteiger charge is 2.35. The van der Waals surface area contributed by atoms with Crippen LogP contribution in [0.25, 0.3) is 0 Å². The lowest BCUT2D eigenvalue weighted by atomic mass is 10.1. The van der Waals surface area contributed by atoms with Gasteiger partial charge < -0.3 is 18.9 Å². The normalized spacial score (nSPS) is 18.8. The molecule has 9 nitrogen and oxygen atoms in total. The third-order valence-corrected chi connectivity index (χ3v) is 6.27. The lowest BCUT2D eigenvalue weighted by Gasteiger charge is -2.22. The SMILES string of the molecule is CCOP(=O)(C[C@@H](C)C1=C(O)C[C@H](n2cc(C)c(=O)[nH]c2=O)O1)OCC. The maximum Gasteiger partial charge on any atom is 0.331 e. The van der Waals surface area contributed by atoms with Gasteiger partial charge in [0.15, 0.2) is 6.23 Å². The van der Waals surface area contributed by atoms with E-state index >= 15 is 0 Å². The summed E-state index contributed by atoms with van der Waals surface area (Å²) < 4.78 is 30.2. The molecule has 0 spiro atoms. The highest BCUT2D eigenvalue weighted by Crippen LogP contribution is 2.51. The molecule has 0 saturated heterocycles. The maximum absolute atomic E-state index is 12.7. The highest BCUT2D eigenvalue weighted by atomic mass is 31.2. The number of rotatable bonds is 8. The molecule has 0 unspecified atom stereocenters. The molecule has 2 rings (SSSR count). The lowest BCUT2D eigenvalue weighted by molar-refractivity contribution is 0.0636. The monoisotopic (exact) mass is 388 g/mol. The number of hydrogen-bond donors (Lipinski definition) is 2. The van der Waals surface area contributed by atoms with Crippen molar-refractivity contribution in [1.29, 1.82) is 0 Å². The van der Waals surface area contributed by atoms with E-state index in [0.29, 0.717) is 5.56 Å². The highest BCUT2D eigenvalue weighted by molar-refractivity contribution is 7.53. The second kappa shape index (κ2) is 8.24. The third kappa shape index (κ3) is 4.47. The van der Waals surface area contributed by atoms with Crippen LogP contribution in [-0.4, -0.2) is 34.0 Å². The lowest BCUT2D eigenvalue weighted by Crippen LogP contribution is -2.33. The summed E-state index contributed by atoms with van der Waals surface area (Å²) in [5.41, 5.74) is -0.739. The van der Waals surface area contributed by atoms with Gasteiger partial charge in [-0.1, -0.05) is 6.92 Å². The van der Waals surface area contributed by atoms with Gasteiger partial charge in [-0.15, -0.1) is 0 Å². The Morgan fingerprint density at radius 2 is 2.00 bits per heavy atom. The van der Waals surface area contributed by atoms with Crippen LogP contribution < -0.4 is 11.2 Å². The number of allylic oxidation sites excluding steroid dienone is 1. The van der Waals surface area contributed by atoms with E-state index in [-0.39, 0.29) is 37.3 Å². The minimum absolute atomic E-state index is 0.0298. The van der Waals surface area contributed by atoms with Gasteiger partial charge in [-0.05, 0) is 20.8 Å². The number of nitrogens with one attached hydrogen (secondary N) is 1. The first-order valence-corrected chi connectivity index (χ1v) is 10.2. The number of aliphatic hydroxyl groups excluding tert-OH is 1. The second-order valence-electron chi connectivity index (χ2n) is 6.10. The van der Waals surface area contributed by atoms with Crippen LogP contribution in [0.15, 0.2) is 27.3 Å². The van der Waals surface area contributed by atoms with Gasteiger partial charge in [0, 0.05) is 17.7 Å². The van der Waals surface area contributed by atoms with Gasteiger partial charge in [0.05, 0.1) is 25.8 Å². The van der Waals surface area contributed by atoms with E-state index in [4.69, 9.17) is 13.8 Å². The average molecular weight is 388 g/mol. The van der Waals surface area contributed by atoms with Gasteiger partial charge in [0.2, 0.25) is 0 Å². The first kappa shape index (κ1) is 20.5.